The number of rotatable bonds is 7. The van der Waals surface area contributed by atoms with Gasteiger partial charge in [-0.05, 0) is 71.4 Å². The van der Waals surface area contributed by atoms with Gasteiger partial charge in [0.05, 0.1) is 30.4 Å². The van der Waals surface area contributed by atoms with E-state index in [2.05, 4.69) is 21.2 Å². The highest BCUT2D eigenvalue weighted by molar-refractivity contribution is 9.10. The van der Waals surface area contributed by atoms with Gasteiger partial charge in [-0.15, -0.1) is 0 Å². The standard InChI is InChI=1S/C30H32BrNO6/c1-17-27(30(34)38-16-20-7-6-12-37-20)28(18-10-11-26(36-3)22(31)13-18)29-23(32-17)14-19(15-24(29)33)21-8-4-5-9-25(21)35-2/h4-5,8-11,13,19-20,28,32H,6-7,12,14-16H2,1-3H3/t19-,20+,28-/m0/s1. The molecule has 1 saturated heterocycles. The van der Waals surface area contributed by atoms with Gasteiger partial charge in [0, 0.05) is 41.8 Å². The Bertz CT molecular complexity index is 1310. The number of allylic oxidation sites excluding steroid dienone is 3. The van der Waals surface area contributed by atoms with Crippen LogP contribution in [0.2, 0.25) is 0 Å². The average Bonchev–Trinajstić information content (AvgIpc) is 3.44. The van der Waals surface area contributed by atoms with Crippen molar-refractivity contribution in [3.8, 4) is 11.5 Å². The van der Waals surface area contributed by atoms with Crippen LogP contribution in [0.4, 0.5) is 0 Å². The molecule has 2 aliphatic heterocycles. The molecule has 1 fully saturated rings. The molecule has 200 valence electrons. The summed E-state index contributed by atoms with van der Waals surface area (Å²) in [4.78, 5) is 27.4. The zero-order chi connectivity index (χ0) is 26.8. The SMILES string of the molecule is COc1ccc([C@H]2C(C(=O)OC[C@H]3CCCO3)=C(C)NC3=C2C(=O)C[C@@H](c2ccccc2OC)C3)cc1Br. The van der Waals surface area contributed by atoms with Gasteiger partial charge >= 0.3 is 5.97 Å². The van der Waals surface area contributed by atoms with E-state index in [1.807, 2.05) is 49.4 Å². The molecule has 2 heterocycles. The first-order valence-corrected chi connectivity index (χ1v) is 13.7. The third-order valence-corrected chi connectivity index (χ3v) is 8.18. The molecule has 0 aromatic heterocycles. The number of nitrogens with one attached hydrogen (secondary N) is 1. The third-order valence-electron chi connectivity index (χ3n) is 7.56. The summed E-state index contributed by atoms with van der Waals surface area (Å²) in [6.07, 6.45) is 2.71. The molecule has 2 aromatic rings. The van der Waals surface area contributed by atoms with Gasteiger partial charge in [-0.2, -0.15) is 0 Å². The Kier molecular flexibility index (Phi) is 7.91. The minimum Gasteiger partial charge on any atom is -0.496 e. The molecule has 1 N–H and O–H groups in total. The molecule has 1 aliphatic carbocycles. The van der Waals surface area contributed by atoms with Crippen LogP contribution in [0, 0.1) is 0 Å². The lowest BCUT2D eigenvalue weighted by Crippen LogP contribution is -2.36. The number of esters is 1. The van der Waals surface area contributed by atoms with Crippen LogP contribution in [-0.2, 0) is 19.1 Å². The highest BCUT2D eigenvalue weighted by Gasteiger charge is 2.42. The van der Waals surface area contributed by atoms with Crippen molar-refractivity contribution >= 4 is 27.7 Å². The van der Waals surface area contributed by atoms with Crippen molar-refractivity contribution < 1.29 is 28.5 Å². The largest absolute Gasteiger partial charge is 0.496 e. The van der Waals surface area contributed by atoms with Crippen LogP contribution < -0.4 is 14.8 Å². The number of dihydropyridines is 1. The van der Waals surface area contributed by atoms with E-state index >= 15 is 0 Å². The molecular formula is C30H32BrNO6. The molecule has 7 nitrogen and oxygen atoms in total. The number of hydrogen-bond acceptors (Lipinski definition) is 7. The van der Waals surface area contributed by atoms with E-state index in [1.54, 1.807) is 14.2 Å². The van der Waals surface area contributed by atoms with Gasteiger partial charge in [-0.1, -0.05) is 24.3 Å². The molecular weight excluding hydrogens is 550 g/mol. The Labute approximate surface area is 231 Å². The average molecular weight is 582 g/mol. The highest BCUT2D eigenvalue weighted by Crippen LogP contribution is 2.47. The highest BCUT2D eigenvalue weighted by atomic mass is 79.9. The number of carbonyl (C=O) groups is 2. The van der Waals surface area contributed by atoms with Crippen LogP contribution in [0.15, 0.2) is 69.5 Å². The van der Waals surface area contributed by atoms with Crippen molar-refractivity contribution in [1.29, 1.82) is 0 Å². The zero-order valence-corrected chi connectivity index (χ0v) is 23.4. The second kappa shape index (κ2) is 11.3. The maximum atomic E-state index is 13.9. The molecule has 3 aliphatic rings. The lowest BCUT2D eigenvalue weighted by atomic mass is 9.71. The Morgan fingerprint density at radius 3 is 2.61 bits per heavy atom. The van der Waals surface area contributed by atoms with E-state index in [0.717, 1.165) is 39.9 Å². The molecule has 38 heavy (non-hydrogen) atoms. The maximum absolute atomic E-state index is 13.9. The monoisotopic (exact) mass is 581 g/mol. The minimum absolute atomic E-state index is 0.00326. The summed E-state index contributed by atoms with van der Waals surface area (Å²) in [5.74, 6) is 0.417. The van der Waals surface area contributed by atoms with E-state index in [4.69, 9.17) is 18.9 Å². The maximum Gasteiger partial charge on any atom is 0.336 e. The van der Waals surface area contributed by atoms with E-state index in [1.165, 1.54) is 0 Å². The van der Waals surface area contributed by atoms with Gasteiger partial charge in [-0.3, -0.25) is 4.79 Å². The Morgan fingerprint density at radius 1 is 1.11 bits per heavy atom. The quantitative estimate of drug-likeness (QED) is 0.429. The Balaban J connectivity index is 1.53. The van der Waals surface area contributed by atoms with Gasteiger partial charge in [-0.25, -0.2) is 4.79 Å². The van der Waals surface area contributed by atoms with Crippen LogP contribution in [0.1, 0.15) is 55.6 Å². The van der Waals surface area contributed by atoms with Crippen molar-refractivity contribution in [2.24, 2.45) is 0 Å². The van der Waals surface area contributed by atoms with Crippen LogP contribution in [0.3, 0.4) is 0 Å². The summed E-state index contributed by atoms with van der Waals surface area (Å²) < 4.78 is 23.2. The fourth-order valence-corrected chi connectivity index (χ4v) is 6.31. The van der Waals surface area contributed by atoms with Gasteiger partial charge in [0.1, 0.15) is 18.1 Å². The fourth-order valence-electron chi connectivity index (χ4n) is 5.75. The first-order chi connectivity index (χ1) is 18.4. The minimum atomic E-state index is -0.559. The molecule has 0 saturated carbocycles. The molecule has 0 spiro atoms. The Hall–Kier alpha value is -3.10. The molecule has 0 unspecified atom stereocenters. The summed E-state index contributed by atoms with van der Waals surface area (Å²) in [5, 5.41) is 3.41. The van der Waals surface area contributed by atoms with Gasteiger partial charge in [0.25, 0.3) is 0 Å². The van der Waals surface area contributed by atoms with E-state index < -0.39 is 11.9 Å². The molecule has 8 heteroatoms. The van der Waals surface area contributed by atoms with Crippen LogP contribution in [0.25, 0.3) is 0 Å². The molecule has 5 rings (SSSR count). The van der Waals surface area contributed by atoms with E-state index in [-0.39, 0.29) is 24.4 Å². The predicted molar refractivity (Wildman–Crippen MR) is 146 cm³/mol. The smallest absolute Gasteiger partial charge is 0.336 e. The lowest BCUT2D eigenvalue weighted by Gasteiger charge is -2.37. The van der Waals surface area contributed by atoms with Crippen molar-refractivity contribution in [1.82, 2.24) is 5.32 Å². The van der Waals surface area contributed by atoms with Gasteiger partial charge in [0.15, 0.2) is 5.78 Å². The summed E-state index contributed by atoms with van der Waals surface area (Å²) in [6.45, 7) is 2.76. The summed E-state index contributed by atoms with van der Waals surface area (Å²) in [7, 11) is 3.25. The first kappa shape index (κ1) is 26.5. The van der Waals surface area contributed by atoms with Crippen molar-refractivity contribution in [2.45, 2.75) is 50.5 Å². The predicted octanol–water partition coefficient (Wildman–Crippen LogP) is 5.55. The van der Waals surface area contributed by atoms with Crippen LogP contribution >= 0.6 is 15.9 Å². The Morgan fingerprint density at radius 2 is 1.89 bits per heavy atom. The number of benzene rings is 2. The lowest BCUT2D eigenvalue weighted by molar-refractivity contribution is -0.142. The van der Waals surface area contributed by atoms with Gasteiger partial charge in [0.2, 0.25) is 0 Å². The third kappa shape index (κ3) is 5.12. The first-order valence-electron chi connectivity index (χ1n) is 12.9. The molecule has 0 radical (unpaired) electrons. The number of halogens is 1. The van der Waals surface area contributed by atoms with Crippen molar-refractivity contribution in [3.63, 3.8) is 0 Å². The topological polar surface area (TPSA) is 83.1 Å². The summed E-state index contributed by atoms with van der Waals surface area (Å²) in [5.41, 5.74) is 4.41. The zero-order valence-electron chi connectivity index (χ0n) is 21.8. The molecule has 3 atom stereocenters. The number of hydrogen-bond donors (Lipinski definition) is 1. The second-order valence-electron chi connectivity index (χ2n) is 9.89. The second-order valence-corrected chi connectivity index (χ2v) is 10.7. The normalized spacial score (nSPS) is 23.2. The number of Topliss-reactive ketones (excluding diaryl/α,β-unsaturated/α-hetero) is 1. The summed E-state index contributed by atoms with van der Waals surface area (Å²) in [6, 6.07) is 13.5. The number of para-hydroxylation sites is 1. The van der Waals surface area contributed by atoms with Crippen molar-refractivity contribution in [3.05, 3.63) is 80.6 Å². The van der Waals surface area contributed by atoms with Gasteiger partial charge < -0.3 is 24.3 Å². The molecule has 0 bridgehead atoms. The van der Waals surface area contributed by atoms with Crippen LogP contribution in [0.5, 0.6) is 11.5 Å². The van der Waals surface area contributed by atoms with Crippen molar-refractivity contribution in [2.75, 3.05) is 27.4 Å². The molecule has 2 aromatic carbocycles. The fraction of sp³-hybridized carbons (Fsp3) is 0.400. The number of ether oxygens (including phenoxy) is 4. The number of methoxy groups -OCH3 is 2. The number of carbonyl (C=O) groups excluding carboxylic acids is 2. The summed E-state index contributed by atoms with van der Waals surface area (Å²) >= 11 is 3.58. The van der Waals surface area contributed by atoms with E-state index in [0.29, 0.717) is 42.0 Å². The number of ketones is 1. The molecule has 0 amide bonds. The van der Waals surface area contributed by atoms with Crippen LogP contribution in [-0.4, -0.2) is 45.3 Å². The van der Waals surface area contributed by atoms with E-state index in [9.17, 15) is 9.59 Å².